The Morgan fingerprint density at radius 1 is 0.822 bits per heavy atom. The smallest absolute Gasteiger partial charge is 0.253 e. The molecule has 4 rings (SSSR count). The molecular weight excluding hydrogens is 572 g/mol. The fraction of sp³-hybridized carbons (Fsp3) is 0.297. The predicted octanol–water partition coefficient (Wildman–Crippen LogP) is 5.64. The van der Waals surface area contributed by atoms with Gasteiger partial charge in [-0.05, 0) is 84.3 Å². The first-order valence-corrected chi connectivity index (χ1v) is 15.2. The summed E-state index contributed by atoms with van der Waals surface area (Å²) in [6.07, 6.45) is 0.518. The van der Waals surface area contributed by atoms with Crippen molar-refractivity contribution in [2.75, 3.05) is 20.1 Å². The Kier molecular flexibility index (Phi) is 12.0. The largest absolute Gasteiger partial charge is 0.390 e. The van der Waals surface area contributed by atoms with E-state index in [9.17, 15) is 23.5 Å². The molecule has 8 heteroatoms. The number of nitrogens with one attached hydrogen (secondary N) is 2. The molecular formula is C37H41F2N3O3. The molecule has 0 saturated carbocycles. The van der Waals surface area contributed by atoms with Crippen LogP contribution in [0.15, 0.2) is 91.0 Å². The van der Waals surface area contributed by atoms with Crippen LogP contribution in [-0.4, -0.2) is 54.1 Å². The minimum atomic E-state index is -1.08. The monoisotopic (exact) mass is 613 g/mol. The Balaban J connectivity index is 1.47. The summed E-state index contributed by atoms with van der Waals surface area (Å²) in [5, 5.41) is 17.3. The van der Waals surface area contributed by atoms with E-state index in [1.54, 1.807) is 31.0 Å². The van der Waals surface area contributed by atoms with Gasteiger partial charge in [0.25, 0.3) is 11.8 Å². The van der Waals surface area contributed by atoms with Crippen LogP contribution >= 0.6 is 0 Å². The molecule has 0 aromatic heterocycles. The van der Waals surface area contributed by atoms with Gasteiger partial charge in [0, 0.05) is 43.9 Å². The summed E-state index contributed by atoms with van der Waals surface area (Å²) in [4.78, 5) is 28.4. The van der Waals surface area contributed by atoms with Crippen molar-refractivity contribution in [3.63, 3.8) is 0 Å². The van der Waals surface area contributed by atoms with Crippen LogP contribution in [0.1, 0.15) is 55.5 Å². The number of nitrogens with zero attached hydrogens (tertiary/aromatic N) is 1. The second-order valence-corrected chi connectivity index (χ2v) is 11.5. The van der Waals surface area contributed by atoms with Crippen LogP contribution < -0.4 is 10.6 Å². The molecule has 2 amide bonds. The lowest BCUT2D eigenvalue weighted by Gasteiger charge is -2.25. The second-order valence-electron chi connectivity index (χ2n) is 11.5. The van der Waals surface area contributed by atoms with Crippen LogP contribution in [0.5, 0.6) is 0 Å². The van der Waals surface area contributed by atoms with Crippen molar-refractivity contribution in [3.8, 4) is 0 Å². The number of carbonyl (C=O) groups is 2. The summed E-state index contributed by atoms with van der Waals surface area (Å²) in [6.45, 7) is 5.02. The third-order valence-electron chi connectivity index (χ3n) is 7.75. The summed E-state index contributed by atoms with van der Waals surface area (Å²) in [7, 11) is 1.73. The highest BCUT2D eigenvalue weighted by molar-refractivity contribution is 6.00. The Labute approximate surface area is 264 Å². The van der Waals surface area contributed by atoms with E-state index in [4.69, 9.17) is 0 Å². The molecule has 0 aliphatic carbocycles. The molecule has 0 fully saturated rings. The van der Waals surface area contributed by atoms with Gasteiger partial charge in [-0.25, -0.2) is 8.78 Å². The predicted molar refractivity (Wildman–Crippen MR) is 173 cm³/mol. The Morgan fingerprint density at radius 2 is 1.49 bits per heavy atom. The van der Waals surface area contributed by atoms with Gasteiger partial charge in [-0.3, -0.25) is 9.59 Å². The summed E-state index contributed by atoms with van der Waals surface area (Å²) in [6, 6.07) is 25.2. The van der Waals surface area contributed by atoms with Crippen molar-refractivity contribution in [1.29, 1.82) is 0 Å². The fourth-order valence-electron chi connectivity index (χ4n) is 5.28. The number of hydrogen-bond acceptors (Lipinski definition) is 4. The van der Waals surface area contributed by atoms with Crippen LogP contribution in [0, 0.1) is 18.6 Å². The normalized spacial score (nSPS) is 12.4. The molecule has 236 valence electrons. The van der Waals surface area contributed by atoms with Crippen molar-refractivity contribution in [3.05, 3.63) is 142 Å². The SMILES string of the molecule is CCc1cccc(CNC[C@@H](O)[C@H](Cc2cc(F)cc(F)c2)NC(=O)c2cc(C)cc(C(=O)N(C)CCc3ccccc3)c2)c1. The van der Waals surface area contributed by atoms with E-state index in [0.29, 0.717) is 30.6 Å². The molecule has 0 bridgehead atoms. The Hall–Kier alpha value is -4.40. The summed E-state index contributed by atoms with van der Waals surface area (Å²) >= 11 is 0. The lowest BCUT2D eigenvalue weighted by atomic mass is 9.99. The number of carbonyl (C=O) groups excluding carboxylic acids is 2. The molecule has 4 aromatic carbocycles. The number of rotatable bonds is 14. The van der Waals surface area contributed by atoms with Crippen LogP contribution in [0.3, 0.4) is 0 Å². The second kappa shape index (κ2) is 16.1. The van der Waals surface area contributed by atoms with Crippen LogP contribution in [0.2, 0.25) is 0 Å². The quantitative estimate of drug-likeness (QED) is 0.172. The van der Waals surface area contributed by atoms with Gasteiger partial charge in [-0.2, -0.15) is 0 Å². The fourth-order valence-corrected chi connectivity index (χ4v) is 5.28. The average Bonchev–Trinajstić information content (AvgIpc) is 3.02. The van der Waals surface area contributed by atoms with Gasteiger partial charge in [0.05, 0.1) is 12.1 Å². The van der Waals surface area contributed by atoms with Crippen molar-refractivity contribution in [1.82, 2.24) is 15.5 Å². The third kappa shape index (κ3) is 10.1. The molecule has 45 heavy (non-hydrogen) atoms. The maximum absolute atomic E-state index is 14.0. The number of aryl methyl sites for hydroxylation is 2. The molecule has 0 aliphatic heterocycles. The molecule has 0 spiro atoms. The number of benzene rings is 4. The van der Waals surface area contributed by atoms with E-state index in [0.717, 1.165) is 29.2 Å². The Bertz CT molecular complexity index is 1580. The van der Waals surface area contributed by atoms with Gasteiger partial charge >= 0.3 is 0 Å². The molecule has 0 unspecified atom stereocenters. The first kappa shape index (κ1) is 33.5. The zero-order valence-electron chi connectivity index (χ0n) is 26.0. The molecule has 4 aromatic rings. The summed E-state index contributed by atoms with van der Waals surface area (Å²) in [5.74, 6) is -2.20. The van der Waals surface area contributed by atoms with Gasteiger partial charge in [-0.15, -0.1) is 0 Å². The number of hydrogen-bond donors (Lipinski definition) is 3. The van der Waals surface area contributed by atoms with Crippen LogP contribution in [0.4, 0.5) is 8.78 Å². The van der Waals surface area contributed by atoms with Gasteiger partial charge < -0.3 is 20.6 Å². The van der Waals surface area contributed by atoms with E-state index >= 15 is 0 Å². The van der Waals surface area contributed by atoms with E-state index < -0.39 is 29.7 Å². The van der Waals surface area contributed by atoms with Gasteiger partial charge in [0.2, 0.25) is 0 Å². The Morgan fingerprint density at radius 3 is 2.20 bits per heavy atom. The average molecular weight is 614 g/mol. The molecule has 6 nitrogen and oxygen atoms in total. The number of aliphatic hydroxyl groups is 1. The molecule has 3 N–H and O–H groups in total. The maximum Gasteiger partial charge on any atom is 0.253 e. The first-order valence-electron chi connectivity index (χ1n) is 15.2. The number of aliphatic hydroxyl groups excluding tert-OH is 1. The molecule has 0 heterocycles. The molecule has 2 atom stereocenters. The van der Waals surface area contributed by atoms with Crippen molar-refractivity contribution in [2.45, 2.75) is 51.8 Å². The van der Waals surface area contributed by atoms with Crippen LogP contribution in [0.25, 0.3) is 0 Å². The molecule has 0 saturated heterocycles. The highest BCUT2D eigenvalue weighted by atomic mass is 19.1. The van der Waals surface area contributed by atoms with E-state index in [1.807, 2.05) is 42.5 Å². The zero-order valence-corrected chi connectivity index (χ0v) is 26.0. The van der Waals surface area contributed by atoms with Crippen molar-refractivity contribution >= 4 is 11.8 Å². The highest BCUT2D eigenvalue weighted by Crippen LogP contribution is 2.16. The lowest BCUT2D eigenvalue weighted by Crippen LogP contribution is -2.48. The maximum atomic E-state index is 14.0. The zero-order chi connectivity index (χ0) is 32.3. The summed E-state index contributed by atoms with van der Waals surface area (Å²) < 4.78 is 28.0. The van der Waals surface area contributed by atoms with Gasteiger partial charge in [-0.1, -0.05) is 61.5 Å². The standard InChI is InChI=1S/C37H41F2N3O3/c1-4-26-11-8-12-28(17-26)23-40-24-35(43)34(20-29-18-32(38)22-33(39)19-29)41-36(44)30-15-25(2)16-31(21-30)37(45)42(3)14-13-27-9-6-5-7-10-27/h5-12,15-19,21-22,34-35,40,43H,4,13-14,20,23-24H2,1-3H3,(H,41,44)/t34-,35+/m0/s1. The first-order chi connectivity index (χ1) is 21.6. The molecule has 0 aliphatic rings. The van der Waals surface area contributed by atoms with Crippen molar-refractivity contribution < 1.29 is 23.5 Å². The minimum absolute atomic E-state index is 0.00554. The number of amides is 2. The summed E-state index contributed by atoms with van der Waals surface area (Å²) in [5.41, 5.74) is 5.02. The third-order valence-corrected chi connectivity index (χ3v) is 7.75. The van der Waals surface area contributed by atoms with Crippen LogP contribution in [-0.2, 0) is 25.8 Å². The lowest BCUT2D eigenvalue weighted by molar-refractivity contribution is 0.0796. The number of likely N-dealkylation sites (N-methyl/N-ethyl adjacent to an activating group) is 1. The van der Waals surface area contributed by atoms with E-state index in [2.05, 4.69) is 29.7 Å². The van der Waals surface area contributed by atoms with Gasteiger partial charge in [0.1, 0.15) is 11.6 Å². The highest BCUT2D eigenvalue weighted by Gasteiger charge is 2.24. The van der Waals surface area contributed by atoms with Crippen molar-refractivity contribution in [2.24, 2.45) is 0 Å². The minimum Gasteiger partial charge on any atom is -0.390 e. The van der Waals surface area contributed by atoms with Gasteiger partial charge in [0.15, 0.2) is 0 Å². The molecule has 0 radical (unpaired) electrons. The topological polar surface area (TPSA) is 81.7 Å². The van der Waals surface area contributed by atoms with E-state index in [1.165, 1.54) is 23.8 Å². The van der Waals surface area contributed by atoms with E-state index in [-0.39, 0.29) is 24.4 Å². The number of halogens is 2.